The van der Waals surface area contributed by atoms with Gasteiger partial charge in [0.25, 0.3) is 5.91 Å². The molecule has 7 nitrogen and oxygen atoms in total. The topological polar surface area (TPSA) is 82.4 Å². The third-order valence-corrected chi connectivity index (χ3v) is 4.18. The zero-order valence-corrected chi connectivity index (χ0v) is 15.9. The van der Waals surface area contributed by atoms with Crippen molar-refractivity contribution in [3.8, 4) is 11.5 Å². The predicted molar refractivity (Wildman–Crippen MR) is 105 cm³/mol. The van der Waals surface area contributed by atoms with E-state index in [-0.39, 0.29) is 11.7 Å². The summed E-state index contributed by atoms with van der Waals surface area (Å²) in [5.41, 5.74) is 1.07. The predicted octanol–water partition coefficient (Wildman–Crippen LogP) is 3.07. The van der Waals surface area contributed by atoms with Crippen LogP contribution in [0.1, 0.15) is 23.1 Å². The second kappa shape index (κ2) is 8.39. The van der Waals surface area contributed by atoms with Gasteiger partial charge in [-0.05, 0) is 55.5 Å². The summed E-state index contributed by atoms with van der Waals surface area (Å²) in [6.07, 6.45) is 2.60. The monoisotopic (exact) mass is 379 g/mol. The quantitative estimate of drug-likeness (QED) is 0.638. The molecule has 0 aliphatic heterocycles. The molecular formula is C21H21N3O4. The first kappa shape index (κ1) is 19.2. The van der Waals surface area contributed by atoms with Gasteiger partial charge in [-0.1, -0.05) is 0 Å². The second-order valence-corrected chi connectivity index (χ2v) is 6.19. The number of rotatable bonds is 7. The van der Waals surface area contributed by atoms with Gasteiger partial charge in [0.05, 0.1) is 7.11 Å². The molecule has 1 N–H and O–H groups in total. The number of hydrogen-bond donors (Lipinski definition) is 1. The van der Waals surface area contributed by atoms with E-state index in [1.165, 1.54) is 0 Å². The molecule has 2 aromatic carbocycles. The van der Waals surface area contributed by atoms with Gasteiger partial charge in [-0.15, -0.1) is 0 Å². The van der Waals surface area contributed by atoms with Crippen molar-refractivity contribution in [1.29, 1.82) is 0 Å². The highest BCUT2D eigenvalue weighted by molar-refractivity contribution is 6.07. The molecule has 0 radical (unpaired) electrons. The fourth-order valence-electron chi connectivity index (χ4n) is 2.57. The van der Waals surface area contributed by atoms with Gasteiger partial charge in [0.2, 0.25) is 5.78 Å². The lowest BCUT2D eigenvalue weighted by atomic mass is 10.1. The first-order chi connectivity index (χ1) is 13.5. The molecular weight excluding hydrogens is 358 g/mol. The Morgan fingerprint density at radius 3 is 2.25 bits per heavy atom. The Labute approximate surface area is 162 Å². The summed E-state index contributed by atoms with van der Waals surface area (Å²) in [4.78, 5) is 28.8. The lowest BCUT2D eigenvalue weighted by molar-refractivity contribution is -0.122. The Morgan fingerprint density at radius 2 is 1.68 bits per heavy atom. The number of nitrogens with zero attached hydrogens (tertiary/aromatic N) is 2. The number of amides is 1. The summed E-state index contributed by atoms with van der Waals surface area (Å²) < 4.78 is 12.4. The van der Waals surface area contributed by atoms with E-state index in [4.69, 9.17) is 9.47 Å². The van der Waals surface area contributed by atoms with Crippen molar-refractivity contribution < 1.29 is 19.1 Å². The number of ketones is 1. The maximum atomic E-state index is 12.4. The van der Waals surface area contributed by atoms with Gasteiger partial charge in [-0.25, -0.2) is 4.98 Å². The van der Waals surface area contributed by atoms with Crippen LogP contribution < -0.4 is 14.8 Å². The van der Waals surface area contributed by atoms with E-state index in [1.54, 1.807) is 86.6 Å². The Morgan fingerprint density at radius 1 is 1.04 bits per heavy atom. The summed E-state index contributed by atoms with van der Waals surface area (Å²) in [5, 5.41) is 2.78. The number of aromatic nitrogens is 2. The van der Waals surface area contributed by atoms with E-state index in [9.17, 15) is 9.59 Å². The van der Waals surface area contributed by atoms with E-state index in [2.05, 4.69) is 10.3 Å². The van der Waals surface area contributed by atoms with Crippen LogP contribution in [-0.2, 0) is 11.8 Å². The van der Waals surface area contributed by atoms with Gasteiger partial charge >= 0.3 is 0 Å². The molecule has 0 spiro atoms. The molecule has 1 unspecified atom stereocenters. The normalized spacial score (nSPS) is 11.5. The van der Waals surface area contributed by atoms with Crippen molar-refractivity contribution in [3.05, 3.63) is 72.3 Å². The molecule has 0 bridgehead atoms. The highest BCUT2D eigenvalue weighted by atomic mass is 16.5. The molecule has 0 aliphatic rings. The fraction of sp³-hybridized carbons (Fsp3) is 0.190. The van der Waals surface area contributed by atoms with Gasteiger partial charge < -0.3 is 19.4 Å². The molecule has 1 aromatic heterocycles. The van der Waals surface area contributed by atoms with Crippen LogP contribution in [0.3, 0.4) is 0 Å². The zero-order valence-electron chi connectivity index (χ0n) is 15.9. The SMILES string of the molecule is COc1ccc(OC(C)C(=O)Nc2ccc(C(=O)c3nccn3C)cc2)cc1. The van der Waals surface area contributed by atoms with E-state index in [1.807, 2.05) is 0 Å². The summed E-state index contributed by atoms with van der Waals surface area (Å²) in [7, 11) is 3.35. The third-order valence-electron chi connectivity index (χ3n) is 4.18. The highest BCUT2D eigenvalue weighted by Gasteiger charge is 2.16. The average Bonchev–Trinajstić information content (AvgIpc) is 3.14. The molecule has 0 saturated heterocycles. The molecule has 0 saturated carbocycles. The van der Waals surface area contributed by atoms with Crippen LogP contribution in [0, 0.1) is 0 Å². The van der Waals surface area contributed by atoms with Gasteiger partial charge in [-0.3, -0.25) is 9.59 Å². The Kier molecular flexibility index (Phi) is 5.74. The number of carbonyl (C=O) groups excluding carboxylic acids is 2. The molecule has 1 heterocycles. The average molecular weight is 379 g/mol. The third kappa shape index (κ3) is 4.37. The van der Waals surface area contributed by atoms with Crippen LogP contribution in [0.2, 0.25) is 0 Å². The highest BCUT2D eigenvalue weighted by Crippen LogP contribution is 2.19. The van der Waals surface area contributed by atoms with E-state index < -0.39 is 6.10 Å². The van der Waals surface area contributed by atoms with Gasteiger partial charge in [0.1, 0.15) is 11.5 Å². The summed E-state index contributed by atoms with van der Waals surface area (Å²) >= 11 is 0. The van der Waals surface area contributed by atoms with Crippen molar-refractivity contribution in [3.63, 3.8) is 0 Å². The smallest absolute Gasteiger partial charge is 0.265 e. The summed E-state index contributed by atoms with van der Waals surface area (Å²) in [6, 6.07) is 13.7. The molecule has 3 rings (SSSR count). The minimum absolute atomic E-state index is 0.179. The van der Waals surface area contributed by atoms with Gasteiger partial charge in [0, 0.05) is 30.7 Å². The number of carbonyl (C=O) groups is 2. The van der Waals surface area contributed by atoms with Crippen LogP contribution >= 0.6 is 0 Å². The number of aryl methyl sites for hydroxylation is 1. The van der Waals surface area contributed by atoms with E-state index in [0.717, 1.165) is 0 Å². The minimum atomic E-state index is -0.692. The second-order valence-electron chi connectivity index (χ2n) is 6.19. The Balaban J connectivity index is 1.60. The number of anilines is 1. The number of benzene rings is 2. The fourth-order valence-corrected chi connectivity index (χ4v) is 2.57. The lowest BCUT2D eigenvalue weighted by Gasteiger charge is -2.15. The Bertz CT molecular complexity index is 962. The van der Waals surface area contributed by atoms with E-state index >= 15 is 0 Å². The van der Waals surface area contributed by atoms with Crippen molar-refractivity contribution in [2.45, 2.75) is 13.0 Å². The number of ether oxygens (including phenoxy) is 2. The standard InChI is InChI=1S/C21H21N3O4/c1-14(28-18-10-8-17(27-3)9-11-18)21(26)23-16-6-4-15(5-7-16)19(25)20-22-12-13-24(20)2/h4-14H,1-3H3,(H,23,26). The summed E-state index contributed by atoms with van der Waals surface area (Å²) in [6.45, 7) is 1.67. The molecule has 0 fully saturated rings. The largest absolute Gasteiger partial charge is 0.497 e. The van der Waals surface area contributed by atoms with Crippen molar-refractivity contribution in [1.82, 2.24) is 9.55 Å². The Hall–Kier alpha value is -3.61. The van der Waals surface area contributed by atoms with Crippen molar-refractivity contribution in [2.75, 3.05) is 12.4 Å². The minimum Gasteiger partial charge on any atom is -0.497 e. The van der Waals surface area contributed by atoms with Crippen molar-refractivity contribution in [2.24, 2.45) is 7.05 Å². The van der Waals surface area contributed by atoms with E-state index in [0.29, 0.717) is 28.6 Å². The molecule has 28 heavy (non-hydrogen) atoms. The molecule has 144 valence electrons. The van der Waals surface area contributed by atoms with Gasteiger partial charge in [0.15, 0.2) is 11.9 Å². The van der Waals surface area contributed by atoms with Crippen LogP contribution in [0.15, 0.2) is 60.9 Å². The number of hydrogen-bond acceptors (Lipinski definition) is 5. The van der Waals surface area contributed by atoms with Crippen LogP contribution in [-0.4, -0.2) is 34.5 Å². The number of nitrogens with one attached hydrogen (secondary N) is 1. The maximum absolute atomic E-state index is 12.4. The van der Waals surface area contributed by atoms with Crippen LogP contribution in [0.25, 0.3) is 0 Å². The number of imidazole rings is 1. The lowest BCUT2D eigenvalue weighted by Crippen LogP contribution is -2.30. The van der Waals surface area contributed by atoms with Crippen LogP contribution in [0.4, 0.5) is 5.69 Å². The molecule has 0 aliphatic carbocycles. The summed E-state index contributed by atoms with van der Waals surface area (Å²) in [5.74, 6) is 1.17. The first-order valence-electron chi connectivity index (χ1n) is 8.71. The van der Waals surface area contributed by atoms with Crippen molar-refractivity contribution >= 4 is 17.4 Å². The maximum Gasteiger partial charge on any atom is 0.265 e. The molecule has 1 amide bonds. The molecule has 3 aromatic rings. The number of methoxy groups -OCH3 is 1. The molecule has 1 atom stereocenters. The molecule has 7 heteroatoms. The van der Waals surface area contributed by atoms with Gasteiger partial charge in [-0.2, -0.15) is 0 Å². The zero-order chi connectivity index (χ0) is 20.1. The van der Waals surface area contributed by atoms with Crippen LogP contribution in [0.5, 0.6) is 11.5 Å². The first-order valence-corrected chi connectivity index (χ1v) is 8.71.